The van der Waals surface area contributed by atoms with Crippen LogP contribution in [0.5, 0.6) is 0 Å². The minimum Gasteiger partial charge on any atom is -0.481 e. The fourth-order valence-electron chi connectivity index (χ4n) is 4.29. The topological polar surface area (TPSA) is 95.5 Å². The molecular weight excluding hydrogens is 476 g/mol. The minimum absolute atomic E-state index is 0.0956. The van der Waals surface area contributed by atoms with E-state index >= 15 is 0 Å². The second-order valence-electron chi connectivity index (χ2n) is 10.2. The molecule has 206 valence electrons. The molecule has 0 fully saturated rings. The normalized spacial score (nSPS) is 11.4. The van der Waals surface area contributed by atoms with E-state index in [1.54, 1.807) is 24.3 Å². The summed E-state index contributed by atoms with van der Waals surface area (Å²) in [5.41, 5.74) is 2.99. The number of benzene rings is 2. The number of carbonyl (C=O) groups is 3. The van der Waals surface area contributed by atoms with Crippen LogP contribution in [0.15, 0.2) is 60.7 Å². The van der Waals surface area contributed by atoms with Crippen molar-refractivity contribution in [3.05, 3.63) is 71.8 Å². The van der Waals surface area contributed by atoms with Gasteiger partial charge in [0.2, 0.25) is 11.8 Å². The lowest BCUT2D eigenvalue weighted by atomic mass is 9.97. The Morgan fingerprint density at radius 2 is 1.42 bits per heavy atom. The van der Waals surface area contributed by atoms with Crippen LogP contribution in [0, 0.1) is 5.92 Å². The Labute approximate surface area is 227 Å². The molecule has 0 bridgehead atoms. The Morgan fingerprint density at radius 1 is 0.789 bits per heavy atom. The Kier molecular flexibility index (Phi) is 14.5. The van der Waals surface area contributed by atoms with Crippen molar-refractivity contribution in [1.82, 2.24) is 5.32 Å². The molecule has 6 nitrogen and oxygen atoms in total. The monoisotopic (exact) mass is 520 g/mol. The lowest BCUT2D eigenvalue weighted by Gasteiger charge is -2.12. The van der Waals surface area contributed by atoms with E-state index in [2.05, 4.69) is 24.5 Å². The molecule has 2 aromatic rings. The Morgan fingerprint density at radius 3 is 2.08 bits per heavy atom. The zero-order valence-electron chi connectivity index (χ0n) is 23.0. The van der Waals surface area contributed by atoms with E-state index in [9.17, 15) is 14.4 Å². The highest BCUT2D eigenvalue weighted by molar-refractivity contribution is 6.00. The minimum atomic E-state index is -1.01. The van der Waals surface area contributed by atoms with Crippen molar-refractivity contribution in [3.8, 4) is 0 Å². The quantitative estimate of drug-likeness (QED) is 0.143. The van der Waals surface area contributed by atoms with E-state index in [4.69, 9.17) is 5.11 Å². The maximum Gasteiger partial charge on any atom is 0.303 e. The Bertz CT molecular complexity index is 1030. The first kappa shape index (κ1) is 30.8. The number of anilines is 1. The van der Waals surface area contributed by atoms with Gasteiger partial charge in [0, 0.05) is 24.7 Å². The van der Waals surface area contributed by atoms with Crippen LogP contribution in [0.2, 0.25) is 0 Å². The zero-order valence-corrected chi connectivity index (χ0v) is 23.0. The lowest BCUT2D eigenvalue weighted by molar-refractivity contribution is -0.138. The molecule has 0 aliphatic heterocycles. The molecule has 38 heavy (non-hydrogen) atoms. The smallest absolute Gasteiger partial charge is 0.303 e. The lowest BCUT2D eigenvalue weighted by Crippen LogP contribution is -2.22. The molecule has 2 rings (SSSR count). The van der Waals surface area contributed by atoms with Gasteiger partial charge in [0.25, 0.3) is 0 Å². The van der Waals surface area contributed by atoms with Crippen molar-refractivity contribution >= 4 is 29.0 Å². The third kappa shape index (κ3) is 13.2. The van der Waals surface area contributed by atoms with E-state index in [1.807, 2.05) is 36.4 Å². The molecule has 0 aromatic heterocycles. The van der Waals surface area contributed by atoms with Crippen molar-refractivity contribution < 1.29 is 19.5 Å². The molecule has 0 aliphatic rings. The summed E-state index contributed by atoms with van der Waals surface area (Å²) in [6.45, 7) is 5.21. The average Bonchev–Trinajstić information content (AvgIpc) is 2.89. The van der Waals surface area contributed by atoms with Gasteiger partial charge in [0.1, 0.15) is 0 Å². The second-order valence-corrected chi connectivity index (χ2v) is 10.2. The highest BCUT2D eigenvalue weighted by atomic mass is 16.4. The van der Waals surface area contributed by atoms with E-state index < -0.39 is 5.97 Å². The Hall–Kier alpha value is -3.41. The maximum atomic E-state index is 12.8. The fourth-order valence-corrected chi connectivity index (χ4v) is 4.29. The van der Waals surface area contributed by atoms with E-state index in [0.717, 1.165) is 35.5 Å². The number of unbranched alkanes of at least 4 members (excludes halogenated alkanes) is 7. The number of hydrogen-bond acceptors (Lipinski definition) is 3. The number of nitrogens with one attached hydrogen (secondary N) is 2. The molecule has 0 heterocycles. The summed E-state index contributed by atoms with van der Waals surface area (Å²) < 4.78 is 0. The van der Waals surface area contributed by atoms with Crippen molar-refractivity contribution in [1.29, 1.82) is 0 Å². The summed E-state index contributed by atoms with van der Waals surface area (Å²) >= 11 is 0. The number of hydrogen-bond donors (Lipinski definition) is 3. The van der Waals surface area contributed by atoms with Crippen LogP contribution >= 0.6 is 0 Å². The molecule has 0 radical (unpaired) electrons. The molecule has 6 heteroatoms. The summed E-state index contributed by atoms with van der Waals surface area (Å²) in [5, 5.41) is 14.6. The molecule has 0 atom stereocenters. The highest BCUT2D eigenvalue weighted by Gasteiger charge is 2.11. The molecular formula is C32H44N2O4. The average molecular weight is 521 g/mol. The van der Waals surface area contributed by atoms with Gasteiger partial charge in [0.05, 0.1) is 6.42 Å². The van der Waals surface area contributed by atoms with E-state index in [1.165, 1.54) is 44.9 Å². The first-order valence-corrected chi connectivity index (χ1v) is 14.0. The number of amides is 2. The van der Waals surface area contributed by atoms with Crippen LogP contribution in [-0.4, -0.2) is 29.4 Å². The van der Waals surface area contributed by atoms with Crippen molar-refractivity contribution in [3.63, 3.8) is 0 Å². The molecule has 3 N–H and O–H groups in total. The van der Waals surface area contributed by atoms with Gasteiger partial charge in [-0.25, -0.2) is 0 Å². The Balaban J connectivity index is 1.87. The highest BCUT2D eigenvalue weighted by Crippen LogP contribution is 2.25. The van der Waals surface area contributed by atoms with Crippen LogP contribution in [0.4, 0.5) is 5.69 Å². The van der Waals surface area contributed by atoms with Gasteiger partial charge in [-0.05, 0) is 41.2 Å². The van der Waals surface area contributed by atoms with Crippen LogP contribution < -0.4 is 10.6 Å². The molecule has 0 unspecified atom stereocenters. The first-order chi connectivity index (χ1) is 18.3. The number of aliphatic carboxylic acids is 1. The summed E-state index contributed by atoms with van der Waals surface area (Å²) in [5.74, 6) is -0.719. The first-order valence-electron chi connectivity index (χ1n) is 14.0. The maximum absolute atomic E-state index is 12.8. The molecule has 2 aromatic carbocycles. The van der Waals surface area contributed by atoms with Crippen molar-refractivity contribution in [2.24, 2.45) is 5.92 Å². The number of carbonyl (C=O) groups excluding carboxylic acids is 2. The molecule has 0 aliphatic carbocycles. The number of rotatable bonds is 18. The van der Waals surface area contributed by atoms with Gasteiger partial charge >= 0.3 is 5.97 Å². The van der Waals surface area contributed by atoms with E-state index in [-0.39, 0.29) is 24.7 Å². The van der Waals surface area contributed by atoms with Crippen LogP contribution in [0.25, 0.3) is 5.57 Å². The summed E-state index contributed by atoms with van der Waals surface area (Å²) in [7, 11) is 0. The van der Waals surface area contributed by atoms with Gasteiger partial charge in [-0.2, -0.15) is 0 Å². The molecule has 2 amide bonds. The zero-order chi connectivity index (χ0) is 27.6. The van der Waals surface area contributed by atoms with Crippen molar-refractivity contribution in [2.45, 2.75) is 84.5 Å². The largest absolute Gasteiger partial charge is 0.481 e. The van der Waals surface area contributed by atoms with Gasteiger partial charge in [-0.3, -0.25) is 14.4 Å². The number of carboxylic acid groups (broad SMARTS) is 1. The third-order valence-corrected chi connectivity index (χ3v) is 6.39. The molecule has 0 spiro atoms. The van der Waals surface area contributed by atoms with Gasteiger partial charge < -0.3 is 15.7 Å². The van der Waals surface area contributed by atoms with Crippen LogP contribution in [0.1, 0.15) is 95.6 Å². The van der Waals surface area contributed by atoms with Gasteiger partial charge in [-0.15, -0.1) is 0 Å². The van der Waals surface area contributed by atoms with Gasteiger partial charge in [0.15, 0.2) is 0 Å². The van der Waals surface area contributed by atoms with Crippen LogP contribution in [0.3, 0.4) is 0 Å². The van der Waals surface area contributed by atoms with Gasteiger partial charge in [-0.1, -0.05) is 108 Å². The summed E-state index contributed by atoms with van der Waals surface area (Å²) in [6, 6.07) is 16.9. The predicted octanol–water partition coefficient (Wildman–Crippen LogP) is 7.20. The van der Waals surface area contributed by atoms with E-state index in [0.29, 0.717) is 12.2 Å². The second kappa shape index (κ2) is 17.9. The molecule has 0 saturated heterocycles. The van der Waals surface area contributed by atoms with Crippen LogP contribution in [-0.2, 0) is 14.4 Å². The summed E-state index contributed by atoms with van der Waals surface area (Å²) in [4.78, 5) is 35.6. The molecule has 0 saturated carbocycles. The standard InChI is InChI=1S/C32H44N2O4/c1-25(2)15-10-7-5-3-4-6-8-13-22-33-31(36)24-29(26-16-11-9-12-17-26)27-18-14-19-28(23-27)34-30(35)20-21-32(37)38/h9,11-12,14,16-19,23-25H,3-8,10,13,15,20-22H2,1-2H3,(H,33,36)(H,34,35)(H,37,38). The fraction of sp³-hybridized carbons (Fsp3) is 0.469. The summed E-state index contributed by atoms with van der Waals surface area (Å²) in [6.07, 6.45) is 12.5. The third-order valence-electron chi connectivity index (χ3n) is 6.39. The predicted molar refractivity (Wildman–Crippen MR) is 155 cm³/mol. The SMILES string of the molecule is CC(C)CCCCCCCCCCNC(=O)C=C(c1ccccc1)c1cccc(NC(=O)CCC(=O)O)c1. The number of carboxylic acids is 1. The van der Waals surface area contributed by atoms with Crippen molar-refractivity contribution in [2.75, 3.05) is 11.9 Å².